The fraction of sp³-hybridized carbons (Fsp3) is 0.304. The molecule has 1 aliphatic carbocycles. The lowest BCUT2D eigenvalue weighted by molar-refractivity contribution is -0.118. The predicted octanol–water partition coefficient (Wildman–Crippen LogP) is 5.79. The summed E-state index contributed by atoms with van der Waals surface area (Å²) in [5.74, 6) is -0.766. The Labute approximate surface area is 184 Å². The van der Waals surface area contributed by atoms with E-state index >= 15 is 0 Å². The van der Waals surface area contributed by atoms with Crippen LogP contribution in [0.5, 0.6) is 0 Å². The van der Waals surface area contributed by atoms with E-state index in [0.717, 1.165) is 15.5 Å². The van der Waals surface area contributed by atoms with Gasteiger partial charge in [-0.05, 0) is 49.1 Å². The molecule has 0 saturated carbocycles. The highest BCUT2D eigenvalue weighted by atomic mass is 35.5. The average molecular weight is 442 g/mol. The Kier molecular flexibility index (Phi) is 5.00. The van der Waals surface area contributed by atoms with Crippen molar-refractivity contribution in [2.45, 2.75) is 39.5 Å². The van der Waals surface area contributed by atoms with Crippen molar-refractivity contribution in [1.82, 2.24) is 0 Å². The third-order valence-electron chi connectivity index (χ3n) is 5.59. The molecule has 1 aromatic carbocycles. The summed E-state index contributed by atoms with van der Waals surface area (Å²) in [5.41, 5.74) is 8.48. The molecule has 0 bridgehead atoms. The molecule has 2 heterocycles. The van der Waals surface area contributed by atoms with E-state index in [2.05, 4.69) is 6.07 Å². The van der Waals surface area contributed by atoms with Gasteiger partial charge in [0.05, 0.1) is 22.6 Å². The van der Waals surface area contributed by atoms with Crippen LogP contribution >= 0.6 is 22.9 Å². The van der Waals surface area contributed by atoms with Crippen LogP contribution in [0.4, 0.5) is 10.1 Å². The molecule has 1 unspecified atom stereocenters. The number of allylic oxidation sites excluding steroid dienone is 3. The first-order valence-corrected chi connectivity index (χ1v) is 10.8. The first-order valence-electron chi connectivity index (χ1n) is 9.60. The van der Waals surface area contributed by atoms with Crippen LogP contribution in [0, 0.1) is 29.5 Å². The Bertz CT molecular complexity index is 1170. The quantitative estimate of drug-likeness (QED) is 0.640. The Balaban J connectivity index is 2.00. The van der Waals surface area contributed by atoms with Crippen LogP contribution in [0.25, 0.3) is 0 Å². The molecule has 1 atom stereocenters. The van der Waals surface area contributed by atoms with Gasteiger partial charge in [0.15, 0.2) is 5.78 Å². The molecule has 0 radical (unpaired) electrons. The van der Waals surface area contributed by atoms with E-state index in [1.807, 2.05) is 32.9 Å². The maximum atomic E-state index is 13.8. The van der Waals surface area contributed by atoms with Crippen molar-refractivity contribution in [1.29, 1.82) is 5.26 Å². The minimum Gasteiger partial charge on any atom is -0.384 e. The van der Waals surface area contributed by atoms with Gasteiger partial charge in [-0.2, -0.15) is 5.26 Å². The number of ketones is 1. The zero-order valence-electron chi connectivity index (χ0n) is 16.9. The molecule has 0 spiro atoms. The minimum absolute atomic E-state index is 0.00996. The number of hydrogen-bond donors (Lipinski definition) is 1. The van der Waals surface area contributed by atoms with Crippen molar-refractivity contribution in [3.63, 3.8) is 0 Å². The van der Waals surface area contributed by atoms with E-state index in [1.165, 1.54) is 12.1 Å². The SMILES string of the molecule is Cc1ccc(C2C(C#N)=C(N)N(c3ccc(F)c(Cl)c3)C3=C2C(=O)CC(C)(C)C3)s1. The summed E-state index contributed by atoms with van der Waals surface area (Å²) in [6, 6.07) is 10.5. The molecule has 4 nitrogen and oxygen atoms in total. The number of anilines is 1. The average Bonchev–Trinajstić information content (AvgIpc) is 3.08. The largest absolute Gasteiger partial charge is 0.384 e. The number of rotatable bonds is 2. The first-order chi connectivity index (χ1) is 14.1. The molecule has 30 heavy (non-hydrogen) atoms. The third kappa shape index (κ3) is 3.32. The van der Waals surface area contributed by atoms with E-state index in [0.29, 0.717) is 29.7 Å². The summed E-state index contributed by atoms with van der Waals surface area (Å²) in [5, 5.41) is 9.97. The van der Waals surface area contributed by atoms with Crippen molar-refractivity contribution in [2.24, 2.45) is 11.1 Å². The number of nitrogens with zero attached hydrogens (tertiary/aromatic N) is 2. The highest BCUT2D eigenvalue weighted by Gasteiger charge is 2.45. The number of hydrogen-bond acceptors (Lipinski definition) is 5. The fourth-order valence-electron chi connectivity index (χ4n) is 4.32. The summed E-state index contributed by atoms with van der Waals surface area (Å²) < 4.78 is 13.8. The van der Waals surface area contributed by atoms with Gasteiger partial charge in [-0.15, -0.1) is 11.3 Å². The second kappa shape index (κ2) is 7.26. The number of aryl methyl sites for hydroxylation is 1. The van der Waals surface area contributed by atoms with E-state index in [1.54, 1.807) is 22.3 Å². The molecule has 1 aliphatic heterocycles. The lowest BCUT2D eigenvalue weighted by Crippen LogP contribution is -2.42. The molecule has 2 aromatic rings. The van der Waals surface area contributed by atoms with E-state index < -0.39 is 11.7 Å². The maximum absolute atomic E-state index is 13.8. The molecule has 0 amide bonds. The molecule has 0 fully saturated rings. The number of carbonyl (C=O) groups excluding carboxylic acids is 1. The monoisotopic (exact) mass is 441 g/mol. The Morgan fingerprint density at radius 3 is 2.63 bits per heavy atom. The summed E-state index contributed by atoms with van der Waals surface area (Å²) >= 11 is 7.59. The van der Waals surface area contributed by atoms with Gasteiger partial charge < -0.3 is 5.73 Å². The molecular weight excluding hydrogens is 421 g/mol. The van der Waals surface area contributed by atoms with E-state index in [-0.39, 0.29) is 22.0 Å². The van der Waals surface area contributed by atoms with Gasteiger partial charge in [-0.25, -0.2) is 4.39 Å². The molecule has 2 aliphatic rings. The topological polar surface area (TPSA) is 70.1 Å². The summed E-state index contributed by atoms with van der Waals surface area (Å²) in [6.45, 7) is 6.06. The Hall–Kier alpha value is -2.62. The van der Waals surface area contributed by atoms with Crippen LogP contribution in [-0.2, 0) is 4.79 Å². The van der Waals surface area contributed by atoms with Crippen LogP contribution in [0.2, 0.25) is 5.02 Å². The van der Waals surface area contributed by atoms with Gasteiger partial charge in [0, 0.05) is 33.1 Å². The Morgan fingerprint density at radius 1 is 1.30 bits per heavy atom. The van der Waals surface area contributed by atoms with Crippen LogP contribution in [0.15, 0.2) is 53.0 Å². The Morgan fingerprint density at radius 2 is 2.03 bits per heavy atom. The van der Waals surface area contributed by atoms with Crippen molar-refractivity contribution < 1.29 is 9.18 Å². The lowest BCUT2D eigenvalue weighted by Gasteiger charge is -2.43. The summed E-state index contributed by atoms with van der Waals surface area (Å²) in [6.07, 6.45) is 0.993. The minimum atomic E-state index is -0.540. The molecule has 1 aromatic heterocycles. The maximum Gasteiger partial charge on any atom is 0.162 e. The number of Topliss-reactive ketones (excluding diaryl/α,β-unsaturated/α-hetero) is 1. The highest BCUT2D eigenvalue weighted by Crippen LogP contribution is 2.51. The predicted molar refractivity (Wildman–Crippen MR) is 118 cm³/mol. The fourth-order valence-corrected chi connectivity index (χ4v) is 5.49. The van der Waals surface area contributed by atoms with Crippen LogP contribution in [-0.4, -0.2) is 5.78 Å². The number of nitrogens with two attached hydrogens (primary N) is 1. The van der Waals surface area contributed by atoms with Crippen LogP contribution < -0.4 is 10.6 Å². The molecular formula is C23H21ClFN3OS. The third-order valence-corrected chi connectivity index (χ3v) is 6.94. The van der Waals surface area contributed by atoms with Crippen molar-refractivity contribution in [2.75, 3.05) is 4.90 Å². The second-order valence-electron chi connectivity index (χ2n) is 8.53. The van der Waals surface area contributed by atoms with Crippen molar-refractivity contribution in [3.05, 3.63) is 73.6 Å². The van der Waals surface area contributed by atoms with E-state index in [4.69, 9.17) is 17.3 Å². The van der Waals surface area contributed by atoms with Gasteiger partial charge in [-0.3, -0.25) is 9.69 Å². The molecule has 7 heteroatoms. The lowest BCUT2D eigenvalue weighted by atomic mass is 9.69. The molecule has 0 saturated heterocycles. The number of thiophene rings is 1. The second-order valence-corrected chi connectivity index (χ2v) is 10.3. The van der Waals surface area contributed by atoms with Gasteiger partial charge in [-0.1, -0.05) is 25.4 Å². The van der Waals surface area contributed by atoms with E-state index in [9.17, 15) is 14.4 Å². The highest BCUT2D eigenvalue weighted by molar-refractivity contribution is 7.12. The van der Waals surface area contributed by atoms with Gasteiger partial charge in [0.25, 0.3) is 0 Å². The number of nitriles is 1. The van der Waals surface area contributed by atoms with Gasteiger partial charge >= 0.3 is 0 Å². The van der Waals surface area contributed by atoms with Crippen LogP contribution in [0.3, 0.4) is 0 Å². The zero-order chi connectivity index (χ0) is 21.8. The summed E-state index contributed by atoms with van der Waals surface area (Å²) in [4.78, 5) is 17.1. The number of halogens is 2. The van der Waals surface area contributed by atoms with Gasteiger partial charge in [0.2, 0.25) is 0 Å². The normalized spacial score (nSPS) is 21.0. The molecule has 4 rings (SSSR count). The van der Waals surface area contributed by atoms with Gasteiger partial charge in [0.1, 0.15) is 11.6 Å². The van der Waals surface area contributed by atoms with Crippen LogP contribution in [0.1, 0.15) is 42.4 Å². The first kappa shape index (κ1) is 20.6. The standard InChI is InChI=1S/C23H21ClFN3OS/c1-12-4-7-19(30-12)20-14(11-26)22(27)28(13-5-6-16(25)15(24)8-13)17-9-23(2,3)10-18(29)21(17)20/h4-8,20H,9-10,27H2,1-3H3. The number of benzene rings is 1. The van der Waals surface area contributed by atoms with Crippen molar-refractivity contribution in [3.8, 4) is 6.07 Å². The smallest absolute Gasteiger partial charge is 0.162 e. The summed E-state index contributed by atoms with van der Waals surface area (Å²) in [7, 11) is 0. The number of carbonyl (C=O) groups is 1. The van der Waals surface area contributed by atoms with Crippen molar-refractivity contribution >= 4 is 34.4 Å². The molecule has 2 N–H and O–H groups in total. The zero-order valence-corrected chi connectivity index (χ0v) is 18.5. The molecule has 154 valence electrons.